The summed E-state index contributed by atoms with van der Waals surface area (Å²) in [7, 11) is 0. The zero-order chi connectivity index (χ0) is 11.0. The molecular weight excluding hydrogens is 316 g/mol. The highest BCUT2D eigenvalue weighted by Gasteiger charge is 2.18. The maximum atomic E-state index is 10.1. The monoisotopic (exact) mass is 322 g/mol. The van der Waals surface area contributed by atoms with Gasteiger partial charge >= 0.3 is 0 Å². The first-order valence-electron chi connectivity index (χ1n) is 4.26. The lowest BCUT2D eigenvalue weighted by Crippen LogP contribution is -1.93. The van der Waals surface area contributed by atoms with Crippen LogP contribution in [-0.4, -0.2) is 5.11 Å². The Morgan fingerprint density at radius 3 is 2.73 bits per heavy atom. The molecule has 0 aromatic carbocycles. The standard InChI is InChI=1S/C10H8BrClOS2/c1-5-6(11)4-8(15-5)9(13)10-7(12)2-3-14-10/h2-4,9,13H,1H3. The van der Waals surface area contributed by atoms with Crippen molar-refractivity contribution in [2.75, 3.05) is 0 Å². The third-order valence-electron chi connectivity index (χ3n) is 2.04. The Labute approximate surface area is 109 Å². The van der Waals surface area contributed by atoms with Crippen molar-refractivity contribution in [2.24, 2.45) is 0 Å². The van der Waals surface area contributed by atoms with Crippen LogP contribution in [0.3, 0.4) is 0 Å². The summed E-state index contributed by atoms with van der Waals surface area (Å²) in [6, 6.07) is 3.75. The third-order valence-corrected chi connectivity index (χ3v) is 5.64. The molecule has 5 heteroatoms. The van der Waals surface area contributed by atoms with Crippen molar-refractivity contribution in [3.8, 4) is 0 Å². The molecule has 2 aromatic rings. The molecule has 1 atom stereocenters. The van der Waals surface area contributed by atoms with E-state index < -0.39 is 6.10 Å². The van der Waals surface area contributed by atoms with Crippen LogP contribution in [0.4, 0.5) is 0 Å². The normalized spacial score (nSPS) is 13.1. The summed E-state index contributed by atoms with van der Waals surface area (Å²) in [5.74, 6) is 0. The van der Waals surface area contributed by atoms with Crippen LogP contribution in [0, 0.1) is 6.92 Å². The first-order chi connectivity index (χ1) is 7.09. The predicted octanol–water partition coefficient (Wildman–Crippen LogP) is 4.62. The van der Waals surface area contributed by atoms with Gasteiger partial charge in [0.25, 0.3) is 0 Å². The van der Waals surface area contributed by atoms with Crippen LogP contribution in [0.25, 0.3) is 0 Å². The van der Waals surface area contributed by atoms with Crippen molar-refractivity contribution < 1.29 is 5.11 Å². The zero-order valence-electron chi connectivity index (χ0n) is 7.83. The molecule has 80 valence electrons. The smallest absolute Gasteiger partial charge is 0.124 e. The molecule has 0 aliphatic heterocycles. The summed E-state index contributed by atoms with van der Waals surface area (Å²) in [4.78, 5) is 2.89. The SMILES string of the molecule is Cc1sc(C(O)c2sccc2Cl)cc1Br. The van der Waals surface area contributed by atoms with Gasteiger partial charge in [-0.1, -0.05) is 11.6 Å². The van der Waals surface area contributed by atoms with Crippen molar-refractivity contribution in [1.29, 1.82) is 0 Å². The van der Waals surface area contributed by atoms with Crippen molar-refractivity contribution in [3.63, 3.8) is 0 Å². The van der Waals surface area contributed by atoms with Crippen molar-refractivity contribution in [2.45, 2.75) is 13.0 Å². The number of aliphatic hydroxyl groups is 1. The molecule has 0 fully saturated rings. The van der Waals surface area contributed by atoms with Gasteiger partial charge < -0.3 is 5.11 Å². The zero-order valence-corrected chi connectivity index (χ0v) is 11.8. The first-order valence-corrected chi connectivity index (χ1v) is 7.13. The molecule has 1 unspecified atom stereocenters. The summed E-state index contributed by atoms with van der Waals surface area (Å²) < 4.78 is 1.04. The Morgan fingerprint density at radius 1 is 1.53 bits per heavy atom. The molecular formula is C10H8BrClOS2. The molecule has 0 radical (unpaired) electrons. The first kappa shape index (κ1) is 11.6. The van der Waals surface area contributed by atoms with E-state index >= 15 is 0 Å². The average Bonchev–Trinajstić information content (AvgIpc) is 2.74. The van der Waals surface area contributed by atoms with E-state index in [4.69, 9.17) is 11.6 Å². The molecule has 0 bridgehead atoms. The highest BCUT2D eigenvalue weighted by atomic mass is 79.9. The summed E-state index contributed by atoms with van der Waals surface area (Å²) in [5.41, 5.74) is 0. The van der Waals surface area contributed by atoms with Crippen molar-refractivity contribution in [3.05, 3.63) is 41.6 Å². The Hall–Kier alpha value is 0.130. The minimum Gasteiger partial charge on any atom is -0.382 e. The molecule has 1 N–H and O–H groups in total. The minimum absolute atomic E-state index is 0.604. The molecule has 0 aliphatic rings. The lowest BCUT2D eigenvalue weighted by atomic mass is 10.2. The molecule has 2 aromatic heterocycles. The van der Waals surface area contributed by atoms with E-state index in [0.29, 0.717) is 5.02 Å². The Bertz CT molecular complexity index is 458. The fourth-order valence-corrected chi connectivity index (χ4v) is 4.04. The van der Waals surface area contributed by atoms with E-state index in [9.17, 15) is 5.11 Å². The van der Waals surface area contributed by atoms with E-state index in [1.54, 1.807) is 17.4 Å². The maximum Gasteiger partial charge on any atom is 0.124 e. The second-order valence-corrected chi connectivity index (χ2v) is 6.59. The van der Waals surface area contributed by atoms with Gasteiger partial charge in [0, 0.05) is 14.2 Å². The van der Waals surface area contributed by atoms with Gasteiger partial charge in [0.2, 0.25) is 0 Å². The van der Waals surface area contributed by atoms with Gasteiger partial charge in [-0.2, -0.15) is 0 Å². The number of thiophene rings is 2. The number of hydrogen-bond acceptors (Lipinski definition) is 3. The van der Waals surface area contributed by atoms with Crippen LogP contribution in [-0.2, 0) is 0 Å². The van der Waals surface area contributed by atoms with Crippen LogP contribution in [0.5, 0.6) is 0 Å². The minimum atomic E-state index is -0.604. The van der Waals surface area contributed by atoms with Gasteiger partial charge in [-0.05, 0) is 40.4 Å². The topological polar surface area (TPSA) is 20.2 Å². The third kappa shape index (κ3) is 2.29. The molecule has 0 aliphatic carbocycles. The second kappa shape index (κ2) is 4.55. The molecule has 1 nitrogen and oxygen atoms in total. The van der Waals surface area contributed by atoms with Crippen molar-refractivity contribution in [1.82, 2.24) is 0 Å². The van der Waals surface area contributed by atoms with E-state index in [0.717, 1.165) is 19.1 Å². The number of aryl methyl sites for hydroxylation is 1. The summed E-state index contributed by atoms with van der Waals surface area (Å²) in [6.07, 6.45) is -0.604. The molecule has 2 rings (SSSR count). The van der Waals surface area contributed by atoms with Gasteiger partial charge in [-0.15, -0.1) is 22.7 Å². The van der Waals surface area contributed by atoms with Crippen molar-refractivity contribution >= 4 is 50.2 Å². The Morgan fingerprint density at radius 2 is 2.27 bits per heavy atom. The lowest BCUT2D eigenvalue weighted by Gasteiger charge is -2.05. The van der Waals surface area contributed by atoms with Crippen LogP contribution < -0.4 is 0 Å². The number of rotatable bonds is 2. The summed E-state index contributed by atoms with van der Waals surface area (Å²) >= 11 is 12.5. The highest BCUT2D eigenvalue weighted by molar-refractivity contribution is 9.10. The molecule has 15 heavy (non-hydrogen) atoms. The van der Waals surface area contributed by atoms with E-state index in [1.807, 2.05) is 18.4 Å². The summed E-state index contributed by atoms with van der Waals surface area (Å²) in [6.45, 7) is 2.01. The number of halogens is 2. The summed E-state index contributed by atoms with van der Waals surface area (Å²) in [5, 5.41) is 12.6. The Kier molecular flexibility index (Phi) is 3.52. The molecule has 0 spiro atoms. The fourth-order valence-electron chi connectivity index (χ4n) is 1.25. The number of aliphatic hydroxyl groups excluding tert-OH is 1. The largest absolute Gasteiger partial charge is 0.382 e. The molecule has 0 amide bonds. The lowest BCUT2D eigenvalue weighted by molar-refractivity contribution is 0.228. The van der Waals surface area contributed by atoms with Crippen LogP contribution in [0.1, 0.15) is 20.7 Å². The van der Waals surface area contributed by atoms with Gasteiger partial charge in [0.1, 0.15) is 6.10 Å². The molecule has 0 saturated carbocycles. The predicted molar refractivity (Wildman–Crippen MR) is 70.1 cm³/mol. The van der Waals surface area contributed by atoms with Crippen LogP contribution >= 0.6 is 50.2 Å². The van der Waals surface area contributed by atoms with Crippen LogP contribution in [0.15, 0.2) is 22.0 Å². The molecule has 0 saturated heterocycles. The van der Waals surface area contributed by atoms with E-state index in [2.05, 4.69) is 15.9 Å². The van der Waals surface area contributed by atoms with Gasteiger partial charge in [-0.3, -0.25) is 0 Å². The second-order valence-electron chi connectivity index (χ2n) is 3.09. The van der Waals surface area contributed by atoms with Crippen LogP contribution in [0.2, 0.25) is 5.02 Å². The van der Waals surface area contributed by atoms with Gasteiger partial charge in [0.05, 0.1) is 9.90 Å². The highest BCUT2D eigenvalue weighted by Crippen LogP contribution is 2.38. The van der Waals surface area contributed by atoms with E-state index in [1.165, 1.54) is 11.3 Å². The molecule has 2 heterocycles. The maximum absolute atomic E-state index is 10.1. The van der Waals surface area contributed by atoms with Gasteiger partial charge in [-0.25, -0.2) is 0 Å². The fraction of sp³-hybridized carbons (Fsp3) is 0.200. The quantitative estimate of drug-likeness (QED) is 0.855. The van der Waals surface area contributed by atoms with Gasteiger partial charge in [0.15, 0.2) is 0 Å². The van der Waals surface area contributed by atoms with E-state index in [-0.39, 0.29) is 0 Å². The average molecular weight is 324 g/mol. The Balaban J connectivity index is 2.36. The number of hydrogen-bond donors (Lipinski definition) is 1.